The molecule has 0 aliphatic carbocycles. The number of carbonyl (C=O) groups is 1. The second-order valence-corrected chi connectivity index (χ2v) is 4.13. The Bertz CT molecular complexity index is 659. The lowest BCUT2D eigenvalue weighted by molar-refractivity contribution is 0.100. The van der Waals surface area contributed by atoms with Gasteiger partial charge in [0.1, 0.15) is 5.82 Å². The van der Waals surface area contributed by atoms with Gasteiger partial charge in [0.05, 0.1) is 5.69 Å². The molecule has 0 bridgehead atoms. The molecule has 0 aliphatic heterocycles. The summed E-state index contributed by atoms with van der Waals surface area (Å²) in [7, 11) is 0. The molecule has 3 N–H and O–H groups in total. The average molecular weight is 280 g/mol. The molecule has 2 rings (SSSR count). The molecule has 0 spiro atoms. The highest BCUT2D eigenvalue weighted by atomic mass is 19.2. The van der Waals surface area contributed by atoms with E-state index in [4.69, 9.17) is 5.73 Å². The van der Waals surface area contributed by atoms with Crippen LogP contribution in [0.3, 0.4) is 0 Å². The van der Waals surface area contributed by atoms with Gasteiger partial charge in [0, 0.05) is 17.7 Å². The molecule has 3 nitrogen and oxygen atoms in total. The van der Waals surface area contributed by atoms with Crippen LogP contribution in [0.1, 0.15) is 15.9 Å². The summed E-state index contributed by atoms with van der Waals surface area (Å²) in [5.41, 5.74) is 5.24. The monoisotopic (exact) mass is 280 g/mol. The maximum absolute atomic E-state index is 13.5. The van der Waals surface area contributed by atoms with E-state index in [1.54, 1.807) is 0 Å². The van der Waals surface area contributed by atoms with Crippen molar-refractivity contribution in [3.05, 3.63) is 65.0 Å². The van der Waals surface area contributed by atoms with Crippen LogP contribution in [-0.2, 0) is 6.54 Å². The molecule has 0 saturated carbocycles. The number of amides is 1. The molecule has 0 saturated heterocycles. The van der Waals surface area contributed by atoms with Gasteiger partial charge in [-0.25, -0.2) is 13.2 Å². The number of nitrogens with one attached hydrogen (secondary N) is 1. The lowest BCUT2D eigenvalue weighted by Gasteiger charge is -2.09. The number of hydrogen-bond donors (Lipinski definition) is 2. The Morgan fingerprint density at radius 1 is 1.10 bits per heavy atom. The molecule has 104 valence electrons. The Morgan fingerprint density at radius 3 is 2.55 bits per heavy atom. The van der Waals surface area contributed by atoms with E-state index in [0.29, 0.717) is 0 Å². The predicted octanol–water partition coefficient (Wildman–Crippen LogP) is 2.81. The Balaban J connectivity index is 2.20. The minimum absolute atomic E-state index is 0.00930. The Hall–Kier alpha value is -2.50. The minimum atomic E-state index is -0.994. The van der Waals surface area contributed by atoms with Crippen molar-refractivity contribution < 1.29 is 18.0 Å². The van der Waals surface area contributed by atoms with E-state index in [-0.39, 0.29) is 23.4 Å². The van der Waals surface area contributed by atoms with Crippen molar-refractivity contribution in [2.24, 2.45) is 5.73 Å². The summed E-state index contributed by atoms with van der Waals surface area (Å²) in [5, 5.41) is 2.60. The summed E-state index contributed by atoms with van der Waals surface area (Å²) in [6.45, 7) is -0.122. The van der Waals surface area contributed by atoms with Crippen molar-refractivity contribution >= 4 is 11.6 Å². The SMILES string of the molecule is NC(=O)c1ccc(F)c(NCc2cccc(F)c2F)c1. The van der Waals surface area contributed by atoms with Crippen LogP contribution in [0.2, 0.25) is 0 Å². The van der Waals surface area contributed by atoms with Crippen LogP contribution in [0.15, 0.2) is 36.4 Å². The van der Waals surface area contributed by atoms with Gasteiger partial charge in [-0.05, 0) is 24.3 Å². The fourth-order valence-electron chi connectivity index (χ4n) is 1.69. The summed E-state index contributed by atoms with van der Waals surface area (Å²) in [6, 6.07) is 7.25. The molecule has 6 heteroatoms. The molecule has 20 heavy (non-hydrogen) atoms. The molecule has 0 atom stereocenters. The standard InChI is InChI=1S/C14H11F3N2O/c15-10-5-4-8(14(18)20)6-12(10)19-7-9-2-1-3-11(16)13(9)17/h1-6,19H,7H2,(H2,18,20). The van der Waals surface area contributed by atoms with Gasteiger partial charge >= 0.3 is 0 Å². The molecular formula is C14H11F3N2O. The quantitative estimate of drug-likeness (QED) is 0.904. The van der Waals surface area contributed by atoms with Crippen LogP contribution in [0.4, 0.5) is 18.9 Å². The number of anilines is 1. The van der Waals surface area contributed by atoms with Crippen molar-refractivity contribution in [3.8, 4) is 0 Å². The molecule has 0 aliphatic rings. The Kier molecular flexibility index (Phi) is 3.93. The summed E-state index contributed by atoms with van der Waals surface area (Å²) < 4.78 is 40.0. The highest BCUT2D eigenvalue weighted by Gasteiger charge is 2.10. The van der Waals surface area contributed by atoms with Crippen molar-refractivity contribution in [3.63, 3.8) is 0 Å². The maximum atomic E-state index is 13.5. The van der Waals surface area contributed by atoms with Crippen molar-refractivity contribution in [2.75, 3.05) is 5.32 Å². The van der Waals surface area contributed by atoms with E-state index in [0.717, 1.165) is 12.1 Å². The van der Waals surface area contributed by atoms with E-state index in [1.165, 1.54) is 24.3 Å². The molecule has 1 amide bonds. The molecule has 2 aromatic carbocycles. The fourth-order valence-corrected chi connectivity index (χ4v) is 1.69. The van der Waals surface area contributed by atoms with Gasteiger partial charge in [-0.1, -0.05) is 12.1 Å². The summed E-state index contributed by atoms with van der Waals surface area (Å²) in [6.07, 6.45) is 0. The van der Waals surface area contributed by atoms with E-state index in [2.05, 4.69) is 5.32 Å². The van der Waals surface area contributed by atoms with E-state index in [9.17, 15) is 18.0 Å². The minimum Gasteiger partial charge on any atom is -0.378 e. The predicted molar refractivity (Wildman–Crippen MR) is 68.6 cm³/mol. The first-order chi connectivity index (χ1) is 9.49. The fraction of sp³-hybridized carbons (Fsp3) is 0.0714. The molecule has 0 heterocycles. The summed E-state index contributed by atoms with van der Waals surface area (Å²) in [4.78, 5) is 11.0. The van der Waals surface area contributed by atoms with E-state index < -0.39 is 23.4 Å². The number of carbonyl (C=O) groups excluding carboxylic acids is 1. The van der Waals surface area contributed by atoms with Crippen LogP contribution >= 0.6 is 0 Å². The largest absolute Gasteiger partial charge is 0.378 e. The van der Waals surface area contributed by atoms with Gasteiger partial charge in [-0.3, -0.25) is 4.79 Å². The number of nitrogens with two attached hydrogens (primary N) is 1. The highest BCUT2D eigenvalue weighted by molar-refractivity contribution is 5.93. The third kappa shape index (κ3) is 2.90. The van der Waals surface area contributed by atoms with Gasteiger partial charge < -0.3 is 11.1 Å². The molecule has 0 aromatic heterocycles. The number of halogens is 3. The first-order valence-corrected chi connectivity index (χ1v) is 5.75. The van der Waals surface area contributed by atoms with Crippen LogP contribution in [0.5, 0.6) is 0 Å². The van der Waals surface area contributed by atoms with Crippen molar-refractivity contribution in [1.29, 1.82) is 0 Å². The van der Waals surface area contributed by atoms with Gasteiger partial charge in [0.2, 0.25) is 5.91 Å². The maximum Gasteiger partial charge on any atom is 0.248 e. The third-order valence-electron chi connectivity index (χ3n) is 2.75. The smallest absolute Gasteiger partial charge is 0.248 e. The highest BCUT2D eigenvalue weighted by Crippen LogP contribution is 2.18. The molecule has 2 aromatic rings. The lowest BCUT2D eigenvalue weighted by Crippen LogP contribution is -2.12. The summed E-state index contributed by atoms with van der Waals surface area (Å²) in [5.74, 6) is -3.29. The second kappa shape index (κ2) is 5.64. The van der Waals surface area contributed by atoms with Crippen LogP contribution in [0, 0.1) is 17.5 Å². The first-order valence-electron chi connectivity index (χ1n) is 5.75. The second-order valence-electron chi connectivity index (χ2n) is 4.13. The number of benzene rings is 2. The summed E-state index contributed by atoms with van der Waals surface area (Å²) >= 11 is 0. The van der Waals surface area contributed by atoms with E-state index >= 15 is 0 Å². The normalized spacial score (nSPS) is 10.3. The van der Waals surface area contributed by atoms with Gasteiger partial charge in [0.25, 0.3) is 0 Å². The number of hydrogen-bond acceptors (Lipinski definition) is 2. The zero-order valence-corrected chi connectivity index (χ0v) is 10.3. The molecular weight excluding hydrogens is 269 g/mol. The molecule has 0 fully saturated rings. The zero-order chi connectivity index (χ0) is 14.7. The van der Waals surface area contributed by atoms with E-state index in [1.807, 2.05) is 0 Å². The lowest BCUT2D eigenvalue weighted by atomic mass is 10.1. The molecule has 0 unspecified atom stereocenters. The first kappa shape index (κ1) is 13.9. The molecule has 0 radical (unpaired) electrons. The van der Waals surface area contributed by atoms with Crippen LogP contribution in [0.25, 0.3) is 0 Å². The third-order valence-corrected chi connectivity index (χ3v) is 2.75. The Morgan fingerprint density at radius 2 is 1.85 bits per heavy atom. The van der Waals surface area contributed by atoms with Gasteiger partial charge in [0.15, 0.2) is 11.6 Å². The number of rotatable bonds is 4. The Labute approximate surface area is 113 Å². The van der Waals surface area contributed by atoms with Crippen LogP contribution in [-0.4, -0.2) is 5.91 Å². The number of primary amides is 1. The van der Waals surface area contributed by atoms with Gasteiger partial charge in [-0.2, -0.15) is 0 Å². The average Bonchev–Trinajstić information content (AvgIpc) is 2.41. The zero-order valence-electron chi connectivity index (χ0n) is 10.3. The topological polar surface area (TPSA) is 55.1 Å². The van der Waals surface area contributed by atoms with Crippen molar-refractivity contribution in [2.45, 2.75) is 6.54 Å². The van der Waals surface area contributed by atoms with Crippen LogP contribution < -0.4 is 11.1 Å². The van der Waals surface area contributed by atoms with Crippen molar-refractivity contribution in [1.82, 2.24) is 0 Å². The van der Waals surface area contributed by atoms with Gasteiger partial charge in [-0.15, -0.1) is 0 Å².